The van der Waals surface area contributed by atoms with Gasteiger partial charge in [0.05, 0.1) is 18.6 Å². The Labute approximate surface area is 235 Å². The highest BCUT2D eigenvalue weighted by molar-refractivity contribution is 5.96. The van der Waals surface area contributed by atoms with Gasteiger partial charge in [-0.2, -0.15) is 0 Å². The Bertz CT molecular complexity index is 1110. The lowest BCUT2D eigenvalue weighted by atomic mass is 10.0. The van der Waals surface area contributed by atoms with Crippen LogP contribution in [-0.4, -0.2) is 93.1 Å². The Morgan fingerprint density at radius 3 is 1.88 bits per heavy atom. The number of carboxylic acid groups (broad SMARTS) is 2. The number of carbonyl (C=O) groups is 7. The maximum atomic E-state index is 13.3. The summed E-state index contributed by atoms with van der Waals surface area (Å²) >= 11 is 0. The van der Waals surface area contributed by atoms with Crippen LogP contribution in [0.4, 0.5) is 0 Å². The average molecular weight is 581 g/mol. The van der Waals surface area contributed by atoms with E-state index in [9.17, 15) is 38.7 Å². The molecule has 0 bridgehead atoms. The molecule has 11 N–H and O–H groups in total. The Kier molecular flexibility index (Phi) is 13.9. The predicted octanol–water partition coefficient (Wildman–Crippen LogP) is -3.28. The molecule has 0 aliphatic heterocycles. The van der Waals surface area contributed by atoms with Gasteiger partial charge in [0.25, 0.3) is 0 Å². The zero-order chi connectivity index (χ0) is 31.3. The number of hydrogen-bond donors (Lipinski definition) is 9. The summed E-state index contributed by atoms with van der Waals surface area (Å²) in [6.45, 7) is 2.37. The van der Waals surface area contributed by atoms with Gasteiger partial charge in [0.1, 0.15) is 24.2 Å². The number of benzene rings is 1. The molecular formula is C25H36N6O10. The van der Waals surface area contributed by atoms with Gasteiger partial charge in [0.15, 0.2) is 0 Å². The van der Waals surface area contributed by atoms with Gasteiger partial charge >= 0.3 is 11.9 Å². The molecular weight excluding hydrogens is 544 g/mol. The quantitative estimate of drug-likeness (QED) is 0.0880. The van der Waals surface area contributed by atoms with Crippen molar-refractivity contribution in [2.45, 2.75) is 75.8 Å². The normalized spacial score (nSPS) is 15.1. The van der Waals surface area contributed by atoms with Crippen LogP contribution in [0.3, 0.4) is 0 Å². The molecule has 16 nitrogen and oxygen atoms in total. The maximum absolute atomic E-state index is 13.3. The number of aliphatic hydroxyl groups is 1. The number of nitrogens with two attached hydrogens (primary N) is 2. The van der Waals surface area contributed by atoms with Crippen molar-refractivity contribution >= 4 is 41.5 Å². The van der Waals surface area contributed by atoms with Crippen molar-refractivity contribution in [1.82, 2.24) is 21.3 Å². The van der Waals surface area contributed by atoms with Crippen molar-refractivity contribution in [1.29, 1.82) is 0 Å². The number of primary amides is 1. The molecule has 1 aromatic rings. The van der Waals surface area contributed by atoms with Crippen molar-refractivity contribution < 1.29 is 48.9 Å². The Morgan fingerprint density at radius 2 is 1.37 bits per heavy atom. The minimum atomic E-state index is -1.60. The summed E-state index contributed by atoms with van der Waals surface area (Å²) in [5.74, 6) is -7.39. The molecule has 41 heavy (non-hydrogen) atoms. The molecule has 0 aliphatic rings. The molecule has 0 fully saturated rings. The first-order valence-corrected chi connectivity index (χ1v) is 12.5. The molecule has 0 saturated carbocycles. The molecule has 0 aliphatic carbocycles. The number of hydrogen-bond acceptors (Lipinski definition) is 9. The standard InChI is InChI=1S/C25H36N6O10/c1-12(25(40)41)28-24(39)20(13(2)32)31-23(38)17(10-14-6-4-3-5-7-14)30-22(37)16(8-9-19(34)35)29-21(36)15(26)11-18(27)33/h3-7,12-13,15-17,20,32H,8-11,26H2,1-2H3,(H2,27,33)(H,28,39)(H,29,36)(H,30,37)(H,31,38)(H,34,35)(H,40,41)/t12-,13+,15-,16-,17-,20-/m0/s1. The minimum Gasteiger partial charge on any atom is -0.481 e. The molecule has 0 unspecified atom stereocenters. The van der Waals surface area contributed by atoms with Crippen molar-refractivity contribution in [2.24, 2.45) is 11.5 Å². The van der Waals surface area contributed by atoms with E-state index >= 15 is 0 Å². The van der Waals surface area contributed by atoms with E-state index in [1.165, 1.54) is 13.8 Å². The Balaban J connectivity index is 3.23. The molecule has 1 rings (SSSR count). The zero-order valence-electron chi connectivity index (χ0n) is 22.5. The molecule has 0 radical (unpaired) electrons. The van der Waals surface area contributed by atoms with Crippen LogP contribution < -0.4 is 32.7 Å². The smallest absolute Gasteiger partial charge is 0.325 e. The number of aliphatic hydroxyl groups excluding tert-OH is 1. The van der Waals surface area contributed by atoms with Crippen LogP contribution >= 0.6 is 0 Å². The number of nitrogens with one attached hydrogen (secondary N) is 4. The van der Waals surface area contributed by atoms with E-state index in [0.717, 1.165) is 0 Å². The second-order valence-electron chi connectivity index (χ2n) is 9.32. The number of carbonyl (C=O) groups excluding carboxylic acids is 5. The molecule has 0 spiro atoms. The van der Waals surface area contributed by atoms with Crippen molar-refractivity contribution in [2.75, 3.05) is 0 Å². The number of rotatable bonds is 17. The third kappa shape index (κ3) is 12.4. The lowest BCUT2D eigenvalue weighted by Crippen LogP contribution is -2.60. The second kappa shape index (κ2) is 16.5. The van der Waals surface area contributed by atoms with Gasteiger partial charge in [-0.3, -0.25) is 33.6 Å². The van der Waals surface area contributed by atoms with Gasteiger partial charge in [-0.05, 0) is 25.8 Å². The van der Waals surface area contributed by atoms with Crippen LogP contribution in [-0.2, 0) is 40.0 Å². The highest BCUT2D eigenvalue weighted by Crippen LogP contribution is 2.07. The summed E-state index contributed by atoms with van der Waals surface area (Å²) in [6.07, 6.45) is -3.09. The van der Waals surface area contributed by atoms with E-state index in [-0.39, 0.29) is 6.42 Å². The van der Waals surface area contributed by atoms with Crippen LogP contribution in [0.15, 0.2) is 30.3 Å². The largest absolute Gasteiger partial charge is 0.481 e. The fourth-order valence-corrected chi connectivity index (χ4v) is 3.48. The van der Waals surface area contributed by atoms with Crippen LogP contribution in [0.5, 0.6) is 0 Å². The first kappa shape index (κ1) is 34.5. The van der Waals surface area contributed by atoms with Crippen molar-refractivity contribution in [3.8, 4) is 0 Å². The fourth-order valence-electron chi connectivity index (χ4n) is 3.48. The van der Waals surface area contributed by atoms with Gasteiger partial charge in [0, 0.05) is 12.8 Å². The zero-order valence-corrected chi connectivity index (χ0v) is 22.5. The van der Waals surface area contributed by atoms with E-state index in [1.807, 2.05) is 0 Å². The third-order valence-electron chi connectivity index (χ3n) is 5.75. The topological polar surface area (TPSA) is 280 Å². The predicted molar refractivity (Wildman–Crippen MR) is 142 cm³/mol. The second-order valence-corrected chi connectivity index (χ2v) is 9.32. The third-order valence-corrected chi connectivity index (χ3v) is 5.75. The SMILES string of the molecule is C[C@H](NC(=O)[C@@H](NC(=O)[C@H](Cc1ccccc1)NC(=O)[C@H](CCC(=O)O)NC(=O)[C@@H](N)CC(N)=O)[C@@H](C)O)C(=O)O. The van der Waals surface area contributed by atoms with Gasteiger partial charge in [-0.1, -0.05) is 30.3 Å². The first-order valence-electron chi connectivity index (χ1n) is 12.5. The summed E-state index contributed by atoms with van der Waals surface area (Å²) in [7, 11) is 0. The number of amides is 5. The molecule has 0 heterocycles. The lowest BCUT2D eigenvalue weighted by Gasteiger charge is -2.27. The molecule has 5 amide bonds. The summed E-state index contributed by atoms with van der Waals surface area (Å²) < 4.78 is 0. The minimum absolute atomic E-state index is 0.126. The van der Waals surface area contributed by atoms with Crippen LogP contribution in [0.2, 0.25) is 0 Å². The Hall–Kier alpha value is -4.57. The molecule has 0 aromatic heterocycles. The fraction of sp³-hybridized carbons (Fsp3) is 0.480. The highest BCUT2D eigenvalue weighted by atomic mass is 16.4. The summed E-state index contributed by atoms with van der Waals surface area (Å²) in [5.41, 5.74) is 11.2. The van der Waals surface area contributed by atoms with Gasteiger partial charge in [-0.25, -0.2) is 0 Å². The maximum Gasteiger partial charge on any atom is 0.325 e. The van der Waals surface area contributed by atoms with E-state index in [4.69, 9.17) is 21.7 Å². The van der Waals surface area contributed by atoms with Gasteiger partial charge in [0.2, 0.25) is 29.5 Å². The van der Waals surface area contributed by atoms with E-state index in [0.29, 0.717) is 5.56 Å². The number of aliphatic carboxylic acids is 2. The van der Waals surface area contributed by atoms with E-state index in [2.05, 4.69) is 21.3 Å². The monoisotopic (exact) mass is 580 g/mol. The van der Waals surface area contributed by atoms with Crippen molar-refractivity contribution in [3.05, 3.63) is 35.9 Å². The number of carboxylic acids is 2. The van der Waals surface area contributed by atoms with Gasteiger partial charge < -0.3 is 48.1 Å². The summed E-state index contributed by atoms with van der Waals surface area (Å²) in [5, 5.41) is 37.3. The van der Waals surface area contributed by atoms with Crippen LogP contribution in [0.25, 0.3) is 0 Å². The summed E-state index contributed by atoms with van der Waals surface area (Å²) in [6, 6.07) is 1.09. The lowest BCUT2D eigenvalue weighted by molar-refractivity contribution is -0.142. The molecule has 0 saturated heterocycles. The average Bonchev–Trinajstić information content (AvgIpc) is 2.88. The van der Waals surface area contributed by atoms with Crippen molar-refractivity contribution in [3.63, 3.8) is 0 Å². The van der Waals surface area contributed by atoms with E-state index < -0.39 is 97.1 Å². The van der Waals surface area contributed by atoms with Crippen LogP contribution in [0, 0.1) is 0 Å². The highest BCUT2D eigenvalue weighted by Gasteiger charge is 2.33. The van der Waals surface area contributed by atoms with Gasteiger partial charge in [-0.15, -0.1) is 0 Å². The molecule has 6 atom stereocenters. The summed E-state index contributed by atoms with van der Waals surface area (Å²) in [4.78, 5) is 84.8. The van der Waals surface area contributed by atoms with E-state index in [1.54, 1.807) is 30.3 Å². The van der Waals surface area contributed by atoms with Crippen LogP contribution in [0.1, 0.15) is 38.7 Å². The Morgan fingerprint density at radius 1 is 0.805 bits per heavy atom. The molecule has 226 valence electrons. The molecule has 1 aromatic carbocycles. The molecule has 16 heteroatoms. The first-order chi connectivity index (χ1) is 19.1.